The number of ether oxygens (including phenoxy) is 3. The number of carbonyl (C=O) groups is 1. The number of rotatable bonds is 6. The van der Waals surface area contributed by atoms with Crippen molar-refractivity contribution in [1.82, 2.24) is 0 Å². The van der Waals surface area contributed by atoms with Crippen LogP contribution >= 0.6 is 0 Å². The third-order valence-corrected chi connectivity index (χ3v) is 3.01. The molecule has 0 saturated heterocycles. The van der Waals surface area contributed by atoms with Gasteiger partial charge in [0, 0.05) is 5.56 Å². The quantitative estimate of drug-likeness (QED) is 0.799. The van der Waals surface area contributed by atoms with Gasteiger partial charge >= 0.3 is 5.97 Å². The minimum absolute atomic E-state index is 0.137. The SMILES string of the molecule is COC(=O)CC(C)C(O)c1cc(OC)ccc1OC. The fourth-order valence-electron chi connectivity index (χ4n) is 1.83. The summed E-state index contributed by atoms with van der Waals surface area (Å²) in [6, 6.07) is 5.18. The number of hydrogen-bond donors (Lipinski definition) is 1. The summed E-state index contributed by atoms with van der Waals surface area (Å²) < 4.78 is 14.9. The lowest BCUT2D eigenvalue weighted by atomic mass is 9.94. The van der Waals surface area contributed by atoms with Crippen LogP contribution in [0.15, 0.2) is 18.2 Å². The summed E-state index contributed by atoms with van der Waals surface area (Å²) in [7, 11) is 4.41. The molecule has 0 aliphatic heterocycles. The van der Waals surface area contributed by atoms with E-state index in [4.69, 9.17) is 9.47 Å². The highest BCUT2D eigenvalue weighted by atomic mass is 16.5. The van der Waals surface area contributed by atoms with Gasteiger partial charge in [0.05, 0.1) is 33.9 Å². The number of hydrogen-bond acceptors (Lipinski definition) is 5. The van der Waals surface area contributed by atoms with Crippen LogP contribution in [0.25, 0.3) is 0 Å². The van der Waals surface area contributed by atoms with E-state index >= 15 is 0 Å². The predicted molar refractivity (Wildman–Crippen MR) is 70.3 cm³/mol. The third-order valence-electron chi connectivity index (χ3n) is 3.01. The van der Waals surface area contributed by atoms with E-state index in [1.165, 1.54) is 14.2 Å². The molecule has 0 fully saturated rings. The minimum Gasteiger partial charge on any atom is -0.497 e. The molecule has 0 saturated carbocycles. The van der Waals surface area contributed by atoms with E-state index in [0.29, 0.717) is 17.1 Å². The highest BCUT2D eigenvalue weighted by molar-refractivity contribution is 5.69. The summed E-state index contributed by atoms with van der Waals surface area (Å²) in [5.74, 6) is 0.548. The zero-order valence-corrected chi connectivity index (χ0v) is 11.7. The highest BCUT2D eigenvalue weighted by Gasteiger charge is 2.23. The average Bonchev–Trinajstić information content (AvgIpc) is 2.45. The summed E-state index contributed by atoms with van der Waals surface area (Å²) >= 11 is 0. The second-order valence-corrected chi connectivity index (χ2v) is 4.31. The number of aliphatic hydroxyl groups excluding tert-OH is 1. The van der Waals surface area contributed by atoms with Gasteiger partial charge in [-0.25, -0.2) is 0 Å². The molecule has 2 atom stereocenters. The van der Waals surface area contributed by atoms with Crippen LogP contribution < -0.4 is 9.47 Å². The first-order valence-corrected chi connectivity index (χ1v) is 6.00. The molecule has 1 N–H and O–H groups in total. The van der Waals surface area contributed by atoms with Crippen LogP contribution in [0.1, 0.15) is 25.0 Å². The maximum atomic E-state index is 11.2. The van der Waals surface area contributed by atoms with Gasteiger partial charge in [0.2, 0.25) is 0 Å². The lowest BCUT2D eigenvalue weighted by Gasteiger charge is -2.21. The number of carbonyl (C=O) groups excluding carboxylic acids is 1. The Morgan fingerprint density at radius 2 is 1.95 bits per heavy atom. The third kappa shape index (κ3) is 3.86. The van der Waals surface area contributed by atoms with E-state index < -0.39 is 6.10 Å². The van der Waals surface area contributed by atoms with E-state index in [1.54, 1.807) is 32.2 Å². The van der Waals surface area contributed by atoms with Crippen molar-refractivity contribution in [3.8, 4) is 11.5 Å². The molecule has 106 valence electrons. The molecule has 0 radical (unpaired) electrons. The second kappa shape index (κ2) is 6.99. The highest BCUT2D eigenvalue weighted by Crippen LogP contribution is 2.34. The van der Waals surface area contributed by atoms with Crippen molar-refractivity contribution in [2.24, 2.45) is 5.92 Å². The van der Waals surface area contributed by atoms with Crippen molar-refractivity contribution in [2.45, 2.75) is 19.4 Å². The molecule has 1 aromatic rings. The lowest BCUT2D eigenvalue weighted by molar-refractivity contribution is -0.142. The Labute approximate surface area is 113 Å². The molecule has 0 heterocycles. The van der Waals surface area contributed by atoms with Crippen molar-refractivity contribution in [2.75, 3.05) is 21.3 Å². The van der Waals surface area contributed by atoms with Gasteiger partial charge in [0.1, 0.15) is 11.5 Å². The smallest absolute Gasteiger partial charge is 0.305 e. The molecule has 5 nitrogen and oxygen atoms in total. The molecule has 0 aliphatic carbocycles. The maximum absolute atomic E-state index is 11.2. The van der Waals surface area contributed by atoms with E-state index in [9.17, 15) is 9.90 Å². The summed E-state index contributed by atoms with van der Waals surface area (Å²) in [5, 5.41) is 10.3. The van der Waals surface area contributed by atoms with Crippen LogP contribution in [0.4, 0.5) is 0 Å². The maximum Gasteiger partial charge on any atom is 0.305 e. The molecule has 0 bridgehead atoms. The summed E-state index contributed by atoms with van der Waals surface area (Å²) in [4.78, 5) is 11.2. The van der Waals surface area contributed by atoms with Crippen molar-refractivity contribution in [3.05, 3.63) is 23.8 Å². The van der Waals surface area contributed by atoms with Gasteiger partial charge in [-0.05, 0) is 24.1 Å². The first-order valence-electron chi connectivity index (χ1n) is 6.00. The Hall–Kier alpha value is -1.75. The molecule has 1 aromatic carbocycles. The number of benzene rings is 1. The molecule has 5 heteroatoms. The van der Waals surface area contributed by atoms with E-state index in [1.807, 2.05) is 0 Å². The fourth-order valence-corrected chi connectivity index (χ4v) is 1.83. The molecule has 19 heavy (non-hydrogen) atoms. The van der Waals surface area contributed by atoms with Crippen molar-refractivity contribution in [3.63, 3.8) is 0 Å². The van der Waals surface area contributed by atoms with Crippen LogP contribution in [0.3, 0.4) is 0 Å². The molecule has 0 aliphatic rings. The van der Waals surface area contributed by atoms with Crippen LogP contribution in [0.5, 0.6) is 11.5 Å². The number of esters is 1. The first kappa shape index (κ1) is 15.3. The number of methoxy groups -OCH3 is 3. The van der Waals surface area contributed by atoms with Crippen molar-refractivity contribution < 1.29 is 24.1 Å². The molecular weight excluding hydrogens is 248 g/mol. The molecule has 0 amide bonds. The second-order valence-electron chi connectivity index (χ2n) is 4.31. The number of aliphatic hydroxyl groups is 1. The lowest BCUT2D eigenvalue weighted by Crippen LogP contribution is -2.15. The van der Waals surface area contributed by atoms with Crippen LogP contribution in [-0.4, -0.2) is 32.4 Å². The molecule has 1 rings (SSSR count). The largest absolute Gasteiger partial charge is 0.497 e. The predicted octanol–water partition coefficient (Wildman–Crippen LogP) is 1.94. The monoisotopic (exact) mass is 268 g/mol. The van der Waals surface area contributed by atoms with Crippen LogP contribution in [0, 0.1) is 5.92 Å². The molecule has 0 aromatic heterocycles. The van der Waals surface area contributed by atoms with Gasteiger partial charge in [0.25, 0.3) is 0 Å². The Morgan fingerprint density at radius 1 is 1.26 bits per heavy atom. The normalized spacial score (nSPS) is 13.5. The Bertz CT molecular complexity index is 430. The Morgan fingerprint density at radius 3 is 2.47 bits per heavy atom. The zero-order valence-electron chi connectivity index (χ0n) is 11.7. The molecule has 2 unspecified atom stereocenters. The topological polar surface area (TPSA) is 65.0 Å². The van der Waals surface area contributed by atoms with E-state index in [0.717, 1.165) is 0 Å². The molecular formula is C14H20O5. The minimum atomic E-state index is -0.829. The standard InChI is InChI=1S/C14H20O5/c1-9(7-13(15)19-4)14(16)11-8-10(17-2)5-6-12(11)18-3/h5-6,8-9,14,16H,7H2,1-4H3. The average molecular weight is 268 g/mol. The Kier molecular flexibility index (Phi) is 5.63. The summed E-state index contributed by atoms with van der Waals surface area (Å²) in [5.41, 5.74) is 0.596. The van der Waals surface area contributed by atoms with Gasteiger partial charge in [0.15, 0.2) is 0 Å². The van der Waals surface area contributed by atoms with E-state index in [-0.39, 0.29) is 18.3 Å². The van der Waals surface area contributed by atoms with Crippen LogP contribution in [0.2, 0.25) is 0 Å². The van der Waals surface area contributed by atoms with Gasteiger partial charge < -0.3 is 19.3 Å². The zero-order chi connectivity index (χ0) is 14.4. The van der Waals surface area contributed by atoms with Crippen LogP contribution in [-0.2, 0) is 9.53 Å². The Balaban J connectivity index is 2.96. The van der Waals surface area contributed by atoms with Gasteiger partial charge in [-0.15, -0.1) is 0 Å². The van der Waals surface area contributed by atoms with Gasteiger partial charge in [-0.1, -0.05) is 6.92 Å². The van der Waals surface area contributed by atoms with E-state index in [2.05, 4.69) is 4.74 Å². The summed E-state index contributed by atoms with van der Waals surface area (Å²) in [6.07, 6.45) is -0.693. The van der Waals surface area contributed by atoms with Crippen molar-refractivity contribution >= 4 is 5.97 Å². The van der Waals surface area contributed by atoms with Gasteiger partial charge in [-0.2, -0.15) is 0 Å². The molecule has 0 spiro atoms. The first-order chi connectivity index (χ1) is 9.03. The van der Waals surface area contributed by atoms with Gasteiger partial charge in [-0.3, -0.25) is 4.79 Å². The summed E-state index contributed by atoms with van der Waals surface area (Å²) in [6.45, 7) is 1.78. The fraction of sp³-hybridized carbons (Fsp3) is 0.500. The van der Waals surface area contributed by atoms with Crippen molar-refractivity contribution in [1.29, 1.82) is 0 Å².